The first-order chi connectivity index (χ1) is 14.6. The maximum absolute atomic E-state index is 12.5. The molecule has 3 aliphatic rings. The van der Waals surface area contributed by atoms with Gasteiger partial charge in [-0.3, -0.25) is 14.5 Å². The molecule has 0 radical (unpaired) electrons. The van der Waals surface area contributed by atoms with Crippen molar-refractivity contribution in [2.45, 2.75) is 50.4 Å². The number of aromatic nitrogens is 2. The van der Waals surface area contributed by atoms with Gasteiger partial charge in [0.05, 0.1) is 18.1 Å². The fourth-order valence-electron chi connectivity index (χ4n) is 5.09. The number of fused-ring (bicyclic) bond motifs is 1. The minimum absolute atomic E-state index is 0.0655. The van der Waals surface area contributed by atoms with Crippen LogP contribution in [0.15, 0.2) is 29.3 Å². The van der Waals surface area contributed by atoms with Gasteiger partial charge in [0.2, 0.25) is 12.2 Å². The molecule has 10 nitrogen and oxygen atoms in total. The zero-order valence-corrected chi connectivity index (χ0v) is 18.5. The van der Waals surface area contributed by atoms with Crippen molar-refractivity contribution in [1.82, 2.24) is 14.4 Å². The van der Waals surface area contributed by atoms with E-state index in [1.54, 1.807) is 17.7 Å². The summed E-state index contributed by atoms with van der Waals surface area (Å²) in [7, 11) is 2.01. The van der Waals surface area contributed by atoms with Crippen LogP contribution in [0.1, 0.15) is 26.4 Å². The number of primary amides is 1. The molecular weight excluding hydrogens is 422 g/mol. The summed E-state index contributed by atoms with van der Waals surface area (Å²) in [5, 5.41) is 20.0. The highest BCUT2D eigenvalue weighted by atomic mass is 32.2. The number of carbonyl (C=O) groups excluding carboxylic acids is 2. The Balaban J connectivity index is 1.51. The number of carboxylic acids is 1. The number of aliphatic hydroxyl groups excluding tert-OH is 1. The first-order valence-electron chi connectivity index (χ1n) is 10.3. The lowest BCUT2D eigenvalue weighted by Gasteiger charge is -2.46. The van der Waals surface area contributed by atoms with Crippen LogP contribution in [-0.2, 0) is 20.9 Å². The van der Waals surface area contributed by atoms with E-state index in [1.807, 2.05) is 31.1 Å². The predicted molar refractivity (Wildman–Crippen MR) is 111 cm³/mol. The molecule has 11 heteroatoms. The van der Waals surface area contributed by atoms with E-state index in [4.69, 9.17) is 5.73 Å². The van der Waals surface area contributed by atoms with Crippen LogP contribution in [0.4, 0.5) is 0 Å². The minimum Gasteiger partial charge on any atom is -0.477 e. The van der Waals surface area contributed by atoms with E-state index in [2.05, 4.69) is 4.90 Å². The summed E-state index contributed by atoms with van der Waals surface area (Å²) >= 11 is 1.53. The quantitative estimate of drug-likeness (QED) is 0.371. The van der Waals surface area contributed by atoms with Crippen molar-refractivity contribution in [1.29, 1.82) is 0 Å². The summed E-state index contributed by atoms with van der Waals surface area (Å²) in [6.45, 7) is 4.39. The second-order valence-corrected chi connectivity index (χ2v) is 10.0. The highest BCUT2D eigenvalue weighted by Crippen LogP contribution is 2.52. The Labute approximate surface area is 184 Å². The van der Waals surface area contributed by atoms with Crippen LogP contribution in [0.3, 0.4) is 0 Å². The topological polar surface area (TPSA) is 133 Å². The Morgan fingerprint density at radius 2 is 2.13 bits per heavy atom. The second-order valence-electron chi connectivity index (χ2n) is 8.67. The molecular formula is C20H28N5O5S+. The number of likely N-dealkylation sites (tertiary alicyclic amines) is 1. The van der Waals surface area contributed by atoms with Crippen molar-refractivity contribution >= 4 is 29.5 Å². The zero-order chi connectivity index (χ0) is 22.6. The van der Waals surface area contributed by atoms with Crippen molar-refractivity contribution in [3.63, 3.8) is 0 Å². The summed E-state index contributed by atoms with van der Waals surface area (Å²) in [4.78, 5) is 39.9. The van der Waals surface area contributed by atoms with E-state index >= 15 is 0 Å². The van der Waals surface area contributed by atoms with Gasteiger partial charge in [-0.05, 0) is 14.0 Å². The van der Waals surface area contributed by atoms with E-state index in [-0.39, 0.29) is 41.5 Å². The van der Waals surface area contributed by atoms with Crippen molar-refractivity contribution in [2.75, 3.05) is 13.6 Å². The molecule has 4 rings (SSSR count). The molecule has 2 fully saturated rings. The largest absolute Gasteiger partial charge is 0.477 e. The lowest BCUT2D eigenvalue weighted by atomic mass is 9.79. The van der Waals surface area contributed by atoms with Crippen LogP contribution < -0.4 is 10.3 Å². The summed E-state index contributed by atoms with van der Waals surface area (Å²) in [5.74, 6) is -2.51. The van der Waals surface area contributed by atoms with Crippen molar-refractivity contribution in [2.24, 2.45) is 17.6 Å². The molecule has 1 aromatic heterocycles. The number of thioether (sulfide) groups is 1. The van der Waals surface area contributed by atoms with Gasteiger partial charge in [-0.1, -0.05) is 6.92 Å². The highest BCUT2D eigenvalue weighted by molar-refractivity contribution is 8.03. The van der Waals surface area contributed by atoms with Gasteiger partial charge in [0.25, 0.3) is 5.91 Å². The van der Waals surface area contributed by atoms with Crippen LogP contribution in [0.2, 0.25) is 0 Å². The van der Waals surface area contributed by atoms with Crippen LogP contribution in [0.5, 0.6) is 0 Å². The van der Waals surface area contributed by atoms with Crippen LogP contribution >= 0.6 is 11.8 Å². The van der Waals surface area contributed by atoms with Gasteiger partial charge in [0.15, 0.2) is 12.7 Å². The van der Waals surface area contributed by atoms with E-state index in [0.29, 0.717) is 4.91 Å². The maximum Gasteiger partial charge on any atom is 0.353 e. The number of hydrogen-bond donors (Lipinski definition) is 3. The molecule has 4 N–H and O–H groups in total. The van der Waals surface area contributed by atoms with Crippen LogP contribution in [0.25, 0.3) is 0 Å². The number of β-lactam (4-membered cyclic amide) rings is 1. The lowest BCUT2D eigenvalue weighted by molar-refractivity contribution is -0.684. The van der Waals surface area contributed by atoms with Crippen molar-refractivity contribution in [3.05, 3.63) is 29.3 Å². The molecule has 1 aromatic rings. The van der Waals surface area contributed by atoms with Gasteiger partial charge in [0, 0.05) is 29.0 Å². The fraction of sp³-hybridized carbons (Fsp3) is 0.600. The molecule has 4 heterocycles. The van der Waals surface area contributed by atoms with Gasteiger partial charge in [0.1, 0.15) is 18.1 Å². The summed E-state index contributed by atoms with van der Waals surface area (Å²) < 4.78 is 3.75. The van der Waals surface area contributed by atoms with Crippen LogP contribution in [0, 0.1) is 11.8 Å². The van der Waals surface area contributed by atoms with E-state index < -0.39 is 23.9 Å². The Hall–Kier alpha value is -2.37. The number of hydrogen-bond acceptors (Lipinski definition) is 6. The smallest absolute Gasteiger partial charge is 0.353 e. The molecule has 6 atom stereocenters. The van der Waals surface area contributed by atoms with Gasteiger partial charge in [-0.25, -0.2) is 13.9 Å². The highest BCUT2D eigenvalue weighted by Gasteiger charge is 2.60. The summed E-state index contributed by atoms with van der Waals surface area (Å²) in [5.41, 5.74) is 5.33. The Kier molecular flexibility index (Phi) is 5.61. The summed E-state index contributed by atoms with van der Waals surface area (Å²) in [6.07, 6.45) is 5.59. The number of aliphatic hydroxyl groups is 1. The average molecular weight is 451 g/mol. The SMILES string of the molecule is C[C@@H](O)[C@H]1C(=O)N2C(C(=O)O)=C(S[C@H]3C[C@H](n4cc[n+](CC(N)=O)c4)N(C)C3)[C@H](C)[C@H]12. The van der Waals surface area contributed by atoms with Gasteiger partial charge < -0.3 is 20.8 Å². The molecule has 0 bridgehead atoms. The molecule has 0 saturated carbocycles. The molecule has 0 aliphatic carbocycles. The molecule has 0 aromatic carbocycles. The monoisotopic (exact) mass is 450 g/mol. The van der Waals surface area contributed by atoms with E-state index in [1.165, 1.54) is 16.7 Å². The molecule has 2 amide bonds. The zero-order valence-electron chi connectivity index (χ0n) is 17.7. The molecule has 31 heavy (non-hydrogen) atoms. The Morgan fingerprint density at radius 3 is 2.74 bits per heavy atom. The number of imidazole rings is 1. The van der Waals surface area contributed by atoms with E-state index in [9.17, 15) is 24.6 Å². The molecule has 2 saturated heterocycles. The standard InChI is InChI=1S/C20H27N5O5S/c1-10-16-15(11(2)26)19(28)25(16)17(20(29)30)18(10)31-12-6-14(22(3)7-12)24-5-4-23(9-24)8-13(21)27/h4-5,9-12,14-16,26H,6-8H2,1-3H3,(H2-,21,27,29,30)/p+1/t10-,11-,12+,14+,15-,16-/m1/s1. The van der Waals surface area contributed by atoms with E-state index in [0.717, 1.165) is 13.0 Å². The average Bonchev–Trinajstić information content (AvgIpc) is 3.31. The maximum atomic E-state index is 12.5. The Bertz CT molecular complexity index is 960. The molecule has 3 aliphatic heterocycles. The first-order valence-corrected chi connectivity index (χ1v) is 11.2. The fourth-order valence-corrected chi connectivity index (χ4v) is 6.67. The minimum atomic E-state index is -1.10. The lowest BCUT2D eigenvalue weighted by Crippen LogP contribution is -2.63. The number of aliphatic carboxylic acids is 1. The number of rotatable bonds is 7. The number of nitrogens with zero attached hydrogens (tertiary/aromatic N) is 4. The molecule has 0 unspecified atom stereocenters. The third-order valence-electron chi connectivity index (χ3n) is 6.47. The summed E-state index contributed by atoms with van der Waals surface area (Å²) in [6, 6.07) is -0.298. The number of carboxylic acid groups (broad SMARTS) is 1. The normalized spacial score (nSPS) is 31.7. The van der Waals surface area contributed by atoms with Gasteiger partial charge >= 0.3 is 5.97 Å². The Morgan fingerprint density at radius 1 is 1.42 bits per heavy atom. The number of nitrogens with two attached hydrogens (primary N) is 1. The third kappa shape index (κ3) is 3.64. The van der Waals surface area contributed by atoms with Crippen molar-refractivity contribution < 1.29 is 29.2 Å². The van der Waals surface area contributed by atoms with Crippen LogP contribution in [-0.4, -0.2) is 73.4 Å². The predicted octanol–water partition coefficient (Wildman–Crippen LogP) is -0.649. The molecule has 0 spiro atoms. The second kappa shape index (κ2) is 7.95. The third-order valence-corrected chi connectivity index (χ3v) is 7.97. The van der Waals surface area contributed by atoms with Crippen molar-refractivity contribution in [3.8, 4) is 0 Å². The van der Waals surface area contributed by atoms with Gasteiger partial charge in [-0.15, -0.1) is 11.8 Å². The van der Waals surface area contributed by atoms with Gasteiger partial charge in [-0.2, -0.15) is 0 Å². The molecule has 168 valence electrons. The number of amides is 2. The number of carbonyl (C=O) groups is 3. The first kappa shape index (κ1) is 21.8.